The molecule has 0 fully saturated rings. The van der Waals surface area contributed by atoms with Crippen LogP contribution in [0.15, 0.2) is 17.5 Å². The maximum Gasteiger partial charge on any atom is 0.213 e. The van der Waals surface area contributed by atoms with E-state index in [4.69, 9.17) is 0 Å². The van der Waals surface area contributed by atoms with Crippen LogP contribution in [0.25, 0.3) is 15.5 Å². The second kappa shape index (κ2) is 4.25. The summed E-state index contributed by atoms with van der Waals surface area (Å²) in [5.74, 6) is 0. The molecule has 4 nitrogen and oxygen atoms in total. The van der Waals surface area contributed by atoms with Crippen molar-refractivity contribution < 1.29 is 4.79 Å². The molecule has 0 unspecified atom stereocenters. The van der Waals surface area contributed by atoms with Crippen LogP contribution in [0.5, 0.6) is 0 Å². The van der Waals surface area contributed by atoms with Crippen LogP contribution in [0.3, 0.4) is 0 Å². The number of thiophene rings is 1. The molecule has 3 heterocycles. The lowest BCUT2D eigenvalue weighted by molar-refractivity contribution is 0.111. The highest BCUT2D eigenvalue weighted by Crippen LogP contribution is 2.32. The van der Waals surface area contributed by atoms with Crippen molar-refractivity contribution in [1.82, 2.24) is 14.6 Å². The van der Waals surface area contributed by atoms with Gasteiger partial charge in [-0.3, -0.25) is 4.79 Å². The Morgan fingerprint density at radius 2 is 2.16 bits per heavy atom. The molecule has 3 rings (SSSR count). The maximum atomic E-state index is 11.4. The molecule has 0 aliphatic carbocycles. The molecular weight excluding hydrogens is 278 g/mol. The zero-order valence-electron chi connectivity index (χ0n) is 10.9. The number of hydrogen-bond acceptors (Lipinski definition) is 5. The maximum absolute atomic E-state index is 11.4. The van der Waals surface area contributed by atoms with Gasteiger partial charge < -0.3 is 0 Å². The van der Waals surface area contributed by atoms with Crippen LogP contribution < -0.4 is 0 Å². The minimum atomic E-state index is -0.0331. The van der Waals surface area contributed by atoms with Gasteiger partial charge in [0.15, 0.2) is 6.29 Å². The third-order valence-corrected chi connectivity index (χ3v) is 4.96. The summed E-state index contributed by atoms with van der Waals surface area (Å²) < 4.78 is 1.66. The molecule has 0 atom stereocenters. The summed E-state index contributed by atoms with van der Waals surface area (Å²) >= 11 is 3.11. The van der Waals surface area contributed by atoms with Crippen LogP contribution in [0.1, 0.15) is 36.3 Å². The quantitative estimate of drug-likeness (QED) is 0.677. The Hall–Kier alpha value is -1.53. The highest BCUT2D eigenvalue weighted by atomic mass is 32.1. The predicted molar refractivity (Wildman–Crippen MR) is 78.3 cm³/mol. The molecule has 6 heteroatoms. The topological polar surface area (TPSA) is 47.3 Å². The number of aldehydes is 1. The first-order chi connectivity index (χ1) is 9.00. The Labute approximate surface area is 118 Å². The van der Waals surface area contributed by atoms with Gasteiger partial charge in [0.05, 0.1) is 4.88 Å². The second-order valence-electron chi connectivity index (χ2n) is 5.29. The molecule has 3 aromatic rings. The summed E-state index contributed by atoms with van der Waals surface area (Å²) in [6.07, 6.45) is 0.835. The van der Waals surface area contributed by atoms with E-state index in [0.717, 1.165) is 26.8 Å². The third-order valence-electron chi connectivity index (χ3n) is 2.75. The molecule has 0 saturated carbocycles. The lowest BCUT2D eigenvalue weighted by Crippen LogP contribution is -2.11. The third kappa shape index (κ3) is 2.01. The lowest BCUT2D eigenvalue weighted by atomic mass is 9.98. The molecule has 0 radical (unpaired) electrons. The first-order valence-corrected chi connectivity index (χ1v) is 7.59. The van der Waals surface area contributed by atoms with E-state index in [1.54, 1.807) is 15.9 Å². The number of carbonyl (C=O) groups excluding carboxylic acids is 1. The first kappa shape index (κ1) is 12.5. The first-order valence-electron chi connectivity index (χ1n) is 5.90. The van der Waals surface area contributed by atoms with E-state index in [0.29, 0.717) is 5.69 Å². The fourth-order valence-electron chi connectivity index (χ4n) is 1.77. The molecule has 0 N–H and O–H groups in total. The Morgan fingerprint density at radius 1 is 1.37 bits per heavy atom. The van der Waals surface area contributed by atoms with Crippen molar-refractivity contribution in [2.45, 2.75) is 26.2 Å². The van der Waals surface area contributed by atoms with E-state index in [1.807, 2.05) is 17.5 Å². The predicted octanol–water partition coefficient (Wildman–Crippen LogP) is 3.63. The molecule has 3 aromatic heterocycles. The molecule has 98 valence electrons. The number of carbonyl (C=O) groups is 1. The fraction of sp³-hybridized carbons (Fsp3) is 0.308. The van der Waals surface area contributed by atoms with Crippen molar-refractivity contribution in [2.75, 3.05) is 0 Å². The summed E-state index contributed by atoms with van der Waals surface area (Å²) in [6, 6.07) is 3.92. The molecule has 19 heavy (non-hydrogen) atoms. The molecule has 0 aliphatic rings. The minimum Gasteiger partial charge on any atom is -0.296 e. The Morgan fingerprint density at radius 3 is 2.74 bits per heavy atom. The largest absolute Gasteiger partial charge is 0.296 e. The second-order valence-corrected chi connectivity index (χ2v) is 7.20. The highest BCUT2D eigenvalue weighted by Gasteiger charge is 2.23. The van der Waals surface area contributed by atoms with Gasteiger partial charge in [-0.25, -0.2) is 4.98 Å². The SMILES string of the molecule is CC(C)(C)c1nn2c(C=O)c(-c3cccs3)nc2s1. The van der Waals surface area contributed by atoms with Gasteiger partial charge in [-0.05, 0) is 11.4 Å². The summed E-state index contributed by atoms with van der Waals surface area (Å²) in [4.78, 5) is 17.7. The van der Waals surface area contributed by atoms with Crippen LogP contribution in [-0.2, 0) is 5.41 Å². The molecule has 0 amide bonds. The summed E-state index contributed by atoms with van der Waals surface area (Å²) in [6.45, 7) is 6.31. The average Bonchev–Trinajstić information content (AvgIpc) is 3.02. The van der Waals surface area contributed by atoms with Crippen molar-refractivity contribution in [2.24, 2.45) is 0 Å². The number of aromatic nitrogens is 3. The van der Waals surface area contributed by atoms with E-state index >= 15 is 0 Å². The monoisotopic (exact) mass is 291 g/mol. The Bertz CT molecular complexity index is 732. The van der Waals surface area contributed by atoms with Gasteiger partial charge >= 0.3 is 0 Å². The number of hydrogen-bond donors (Lipinski definition) is 0. The van der Waals surface area contributed by atoms with Crippen molar-refractivity contribution in [3.63, 3.8) is 0 Å². The minimum absolute atomic E-state index is 0.0331. The zero-order valence-corrected chi connectivity index (χ0v) is 12.5. The average molecular weight is 291 g/mol. The van der Waals surface area contributed by atoms with Gasteiger partial charge in [0.2, 0.25) is 4.96 Å². The van der Waals surface area contributed by atoms with E-state index in [2.05, 4.69) is 30.9 Å². The lowest BCUT2D eigenvalue weighted by Gasteiger charge is -2.12. The Balaban J connectivity index is 2.23. The van der Waals surface area contributed by atoms with Crippen LogP contribution in [-0.4, -0.2) is 20.9 Å². The van der Waals surface area contributed by atoms with Crippen LogP contribution in [0, 0.1) is 0 Å². The fourth-order valence-corrected chi connectivity index (χ4v) is 3.45. The van der Waals surface area contributed by atoms with Gasteiger partial charge in [0, 0.05) is 5.41 Å². The van der Waals surface area contributed by atoms with Gasteiger partial charge in [0.1, 0.15) is 16.4 Å². The summed E-state index contributed by atoms with van der Waals surface area (Å²) in [5.41, 5.74) is 1.22. The van der Waals surface area contributed by atoms with Crippen LogP contribution in [0.2, 0.25) is 0 Å². The van der Waals surface area contributed by atoms with Gasteiger partial charge in [-0.15, -0.1) is 11.3 Å². The normalized spacial score (nSPS) is 12.2. The molecular formula is C13H13N3OS2. The van der Waals surface area contributed by atoms with Gasteiger partial charge in [-0.2, -0.15) is 9.61 Å². The number of fused-ring (bicyclic) bond motifs is 1. The molecule has 0 bridgehead atoms. The standard InChI is InChI=1S/C13H13N3OS2/c1-13(2,3)11-15-16-8(7-17)10(14-12(16)19-11)9-5-4-6-18-9/h4-7H,1-3H3. The number of nitrogens with zero attached hydrogens (tertiary/aromatic N) is 3. The van der Waals surface area contributed by atoms with Crippen molar-refractivity contribution in [1.29, 1.82) is 0 Å². The van der Waals surface area contributed by atoms with Crippen LogP contribution >= 0.6 is 22.7 Å². The zero-order chi connectivity index (χ0) is 13.6. The summed E-state index contributed by atoms with van der Waals surface area (Å²) in [7, 11) is 0. The smallest absolute Gasteiger partial charge is 0.213 e. The molecule has 0 saturated heterocycles. The van der Waals surface area contributed by atoms with Crippen molar-refractivity contribution in [3.05, 3.63) is 28.2 Å². The Kier molecular flexibility index (Phi) is 2.79. The summed E-state index contributed by atoms with van der Waals surface area (Å²) in [5, 5.41) is 7.49. The van der Waals surface area contributed by atoms with Crippen molar-refractivity contribution in [3.8, 4) is 10.6 Å². The molecule has 0 aliphatic heterocycles. The van der Waals surface area contributed by atoms with Gasteiger partial charge in [0.25, 0.3) is 0 Å². The van der Waals surface area contributed by atoms with Crippen LogP contribution in [0.4, 0.5) is 0 Å². The number of rotatable bonds is 2. The van der Waals surface area contributed by atoms with Gasteiger partial charge in [-0.1, -0.05) is 38.2 Å². The molecule has 0 spiro atoms. The van der Waals surface area contributed by atoms with Crippen molar-refractivity contribution >= 4 is 33.9 Å². The molecule has 0 aromatic carbocycles. The van der Waals surface area contributed by atoms with E-state index in [-0.39, 0.29) is 5.41 Å². The van der Waals surface area contributed by atoms with E-state index in [1.165, 1.54) is 11.3 Å². The van der Waals surface area contributed by atoms with E-state index < -0.39 is 0 Å². The van der Waals surface area contributed by atoms with E-state index in [9.17, 15) is 4.79 Å². The highest BCUT2D eigenvalue weighted by molar-refractivity contribution is 7.17. The number of imidazole rings is 1.